The Labute approximate surface area is 152 Å². The molecule has 7 nitrogen and oxygen atoms in total. The van der Waals surface area contributed by atoms with E-state index in [-0.39, 0.29) is 18.6 Å². The minimum atomic E-state index is -0.216. The Hall–Kier alpha value is -2.80. The van der Waals surface area contributed by atoms with Crippen LogP contribution in [0.4, 0.5) is 5.82 Å². The SMILES string of the molecule is CN(C[C@H]1COc2ccccc2O1)C(=O)c1ccc(NCCCO)nc1. The molecule has 3 rings (SSSR count). The fourth-order valence-corrected chi connectivity index (χ4v) is 2.68. The quantitative estimate of drug-likeness (QED) is 0.735. The molecule has 138 valence electrons. The molecule has 2 N–H and O–H groups in total. The number of pyridine rings is 1. The minimum Gasteiger partial charge on any atom is -0.486 e. The number of hydrogen-bond acceptors (Lipinski definition) is 6. The van der Waals surface area contributed by atoms with Crippen molar-refractivity contribution >= 4 is 11.7 Å². The average Bonchev–Trinajstić information content (AvgIpc) is 2.68. The molecule has 0 saturated carbocycles. The van der Waals surface area contributed by atoms with E-state index in [1.54, 1.807) is 30.3 Å². The van der Waals surface area contributed by atoms with Gasteiger partial charge in [0.25, 0.3) is 5.91 Å². The summed E-state index contributed by atoms with van der Waals surface area (Å²) < 4.78 is 11.6. The molecule has 7 heteroatoms. The first-order valence-corrected chi connectivity index (χ1v) is 8.62. The molecule has 26 heavy (non-hydrogen) atoms. The first-order valence-electron chi connectivity index (χ1n) is 8.62. The van der Waals surface area contributed by atoms with Crippen LogP contribution in [0.2, 0.25) is 0 Å². The maximum Gasteiger partial charge on any atom is 0.255 e. The third kappa shape index (κ3) is 4.43. The fourth-order valence-electron chi connectivity index (χ4n) is 2.68. The van der Waals surface area contributed by atoms with E-state index in [2.05, 4.69) is 10.3 Å². The topological polar surface area (TPSA) is 83.9 Å². The number of benzene rings is 1. The van der Waals surface area contributed by atoms with E-state index in [4.69, 9.17) is 14.6 Å². The number of aromatic nitrogens is 1. The first-order chi connectivity index (χ1) is 12.7. The van der Waals surface area contributed by atoms with Crippen LogP contribution in [0.25, 0.3) is 0 Å². The summed E-state index contributed by atoms with van der Waals surface area (Å²) in [4.78, 5) is 18.4. The minimum absolute atomic E-state index is 0.123. The number of anilines is 1. The van der Waals surface area contributed by atoms with Gasteiger partial charge < -0.3 is 24.8 Å². The van der Waals surface area contributed by atoms with Gasteiger partial charge in [-0.2, -0.15) is 0 Å². The van der Waals surface area contributed by atoms with Gasteiger partial charge in [0.05, 0.1) is 12.1 Å². The number of hydrogen-bond donors (Lipinski definition) is 2. The average molecular weight is 357 g/mol. The number of para-hydroxylation sites is 2. The molecule has 0 unspecified atom stereocenters. The third-order valence-corrected chi connectivity index (χ3v) is 4.04. The van der Waals surface area contributed by atoms with Crippen molar-refractivity contribution in [2.75, 3.05) is 38.7 Å². The molecule has 1 aromatic heterocycles. The number of aliphatic hydroxyl groups excluding tert-OH is 1. The number of fused-ring (bicyclic) bond motifs is 1. The molecular formula is C19H23N3O4. The smallest absolute Gasteiger partial charge is 0.255 e. The molecule has 0 bridgehead atoms. The molecule has 1 aliphatic heterocycles. The highest BCUT2D eigenvalue weighted by atomic mass is 16.6. The number of rotatable bonds is 7. The monoisotopic (exact) mass is 357 g/mol. The Kier molecular flexibility index (Phi) is 5.91. The second kappa shape index (κ2) is 8.53. The first kappa shape index (κ1) is 18.0. The number of nitrogens with zero attached hydrogens (tertiary/aromatic N) is 2. The van der Waals surface area contributed by atoms with Crippen LogP contribution < -0.4 is 14.8 Å². The summed E-state index contributed by atoms with van der Waals surface area (Å²) in [6.07, 6.45) is 1.98. The molecule has 1 atom stereocenters. The number of likely N-dealkylation sites (N-methyl/N-ethyl adjacent to an activating group) is 1. The summed E-state index contributed by atoms with van der Waals surface area (Å²) in [5, 5.41) is 11.9. The summed E-state index contributed by atoms with van der Waals surface area (Å²) >= 11 is 0. The van der Waals surface area contributed by atoms with Crippen LogP contribution in [0, 0.1) is 0 Å². The number of carbonyl (C=O) groups excluding carboxylic acids is 1. The lowest BCUT2D eigenvalue weighted by molar-refractivity contribution is 0.0520. The van der Waals surface area contributed by atoms with E-state index >= 15 is 0 Å². The van der Waals surface area contributed by atoms with Crippen LogP contribution in [0.3, 0.4) is 0 Å². The normalized spacial score (nSPS) is 15.4. The summed E-state index contributed by atoms with van der Waals surface area (Å²) in [5.41, 5.74) is 0.511. The Bertz CT molecular complexity index is 736. The van der Waals surface area contributed by atoms with Gasteiger partial charge in [-0.3, -0.25) is 4.79 Å². The van der Waals surface area contributed by atoms with E-state index in [1.807, 2.05) is 24.3 Å². The summed E-state index contributed by atoms with van der Waals surface area (Å²) in [7, 11) is 1.74. The lowest BCUT2D eigenvalue weighted by atomic mass is 10.2. The van der Waals surface area contributed by atoms with Crippen LogP contribution >= 0.6 is 0 Å². The number of amides is 1. The zero-order valence-electron chi connectivity index (χ0n) is 14.7. The van der Waals surface area contributed by atoms with Gasteiger partial charge >= 0.3 is 0 Å². The highest BCUT2D eigenvalue weighted by Crippen LogP contribution is 2.31. The van der Waals surface area contributed by atoms with Crippen LogP contribution in [0.5, 0.6) is 11.5 Å². The molecule has 2 heterocycles. The summed E-state index contributed by atoms with van der Waals surface area (Å²) in [6.45, 7) is 1.59. The molecule has 1 amide bonds. The van der Waals surface area contributed by atoms with E-state index in [9.17, 15) is 4.79 Å². The van der Waals surface area contributed by atoms with Crippen molar-refractivity contribution in [1.29, 1.82) is 0 Å². The fraction of sp³-hybridized carbons (Fsp3) is 0.368. The molecule has 0 spiro atoms. The zero-order valence-corrected chi connectivity index (χ0v) is 14.7. The van der Waals surface area contributed by atoms with Crippen LogP contribution in [0.15, 0.2) is 42.6 Å². The van der Waals surface area contributed by atoms with Gasteiger partial charge in [-0.25, -0.2) is 4.98 Å². The molecule has 0 aliphatic carbocycles. The van der Waals surface area contributed by atoms with Gasteiger partial charge in [0.15, 0.2) is 17.6 Å². The van der Waals surface area contributed by atoms with E-state index in [0.29, 0.717) is 43.2 Å². The van der Waals surface area contributed by atoms with E-state index in [1.165, 1.54) is 0 Å². The zero-order chi connectivity index (χ0) is 18.4. The summed E-state index contributed by atoms with van der Waals surface area (Å²) in [6, 6.07) is 11.0. The maximum absolute atomic E-state index is 12.6. The summed E-state index contributed by atoms with van der Waals surface area (Å²) in [5.74, 6) is 1.98. The van der Waals surface area contributed by atoms with Gasteiger partial charge in [0.1, 0.15) is 12.4 Å². The standard InChI is InChI=1S/C19H23N3O4/c1-22(12-15-13-25-16-5-2-3-6-17(16)26-15)19(24)14-7-8-18(21-11-14)20-9-4-10-23/h2-3,5-8,11,15,23H,4,9-10,12-13H2,1H3,(H,20,21)/t15-/m0/s1. The third-order valence-electron chi connectivity index (χ3n) is 4.04. The Balaban J connectivity index is 1.55. The number of carbonyl (C=O) groups is 1. The predicted molar refractivity (Wildman–Crippen MR) is 97.7 cm³/mol. The Morgan fingerprint density at radius 3 is 2.85 bits per heavy atom. The maximum atomic E-state index is 12.6. The van der Waals surface area contributed by atoms with Crippen molar-refractivity contribution in [2.24, 2.45) is 0 Å². The Morgan fingerprint density at radius 1 is 1.31 bits per heavy atom. The highest BCUT2D eigenvalue weighted by molar-refractivity contribution is 5.93. The van der Waals surface area contributed by atoms with Gasteiger partial charge in [-0.05, 0) is 30.7 Å². The van der Waals surface area contributed by atoms with Crippen LogP contribution in [-0.4, -0.2) is 60.4 Å². The van der Waals surface area contributed by atoms with Gasteiger partial charge in [-0.15, -0.1) is 0 Å². The van der Waals surface area contributed by atoms with Crippen molar-refractivity contribution < 1.29 is 19.4 Å². The lowest BCUT2D eigenvalue weighted by Gasteiger charge is -2.29. The van der Waals surface area contributed by atoms with E-state index < -0.39 is 0 Å². The molecule has 0 fully saturated rings. The largest absolute Gasteiger partial charge is 0.486 e. The second-order valence-electron chi connectivity index (χ2n) is 6.12. The number of ether oxygens (including phenoxy) is 2. The lowest BCUT2D eigenvalue weighted by Crippen LogP contribution is -2.41. The van der Waals surface area contributed by atoms with Gasteiger partial charge in [0, 0.05) is 26.4 Å². The van der Waals surface area contributed by atoms with Crippen molar-refractivity contribution in [3.63, 3.8) is 0 Å². The van der Waals surface area contributed by atoms with Gasteiger partial charge in [0.2, 0.25) is 0 Å². The molecule has 1 aromatic carbocycles. The molecule has 0 radical (unpaired) electrons. The van der Waals surface area contributed by atoms with Crippen molar-refractivity contribution in [2.45, 2.75) is 12.5 Å². The molecule has 2 aromatic rings. The number of nitrogens with one attached hydrogen (secondary N) is 1. The highest BCUT2D eigenvalue weighted by Gasteiger charge is 2.24. The molecule has 0 saturated heterocycles. The molecular weight excluding hydrogens is 334 g/mol. The van der Waals surface area contributed by atoms with Crippen molar-refractivity contribution in [3.8, 4) is 11.5 Å². The molecule has 1 aliphatic rings. The van der Waals surface area contributed by atoms with Crippen molar-refractivity contribution in [3.05, 3.63) is 48.2 Å². The predicted octanol–water partition coefficient (Wildman–Crippen LogP) is 1.79. The second-order valence-corrected chi connectivity index (χ2v) is 6.12. The Morgan fingerprint density at radius 2 is 2.12 bits per heavy atom. The number of aliphatic hydroxyl groups is 1. The van der Waals surface area contributed by atoms with Crippen LogP contribution in [0.1, 0.15) is 16.8 Å². The van der Waals surface area contributed by atoms with E-state index in [0.717, 1.165) is 5.75 Å². The van der Waals surface area contributed by atoms with Gasteiger partial charge in [-0.1, -0.05) is 12.1 Å². The van der Waals surface area contributed by atoms with Crippen LogP contribution in [-0.2, 0) is 0 Å². The van der Waals surface area contributed by atoms with Crippen molar-refractivity contribution in [1.82, 2.24) is 9.88 Å².